The van der Waals surface area contributed by atoms with Gasteiger partial charge in [-0.05, 0) is 54.7 Å². The van der Waals surface area contributed by atoms with E-state index in [9.17, 15) is 17.6 Å². The molecular formula is C21H24F4. The summed E-state index contributed by atoms with van der Waals surface area (Å²) in [4.78, 5) is 0. The topological polar surface area (TPSA) is 0 Å². The Hall–Kier alpha value is -1.58. The molecule has 0 heterocycles. The summed E-state index contributed by atoms with van der Waals surface area (Å²) in [6.07, 6.45) is 9.50. The summed E-state index contributed by atoms with van der Waals surface area (Å²) in [5, 5.41) is 0. The lowest BCUT2D eigenvalue weighted by atomic mass is 9.77. The van der Waals surface area contributed by atoms with Crippen LogP contribution in [0.4, 0.5) is 17.6 Å². The number of halogens is 4. The maximum atomic E-state index is 14.0. The van der Waals surface area contributed by atoms with Gasteiger partial charge in [-0.1, -0.05) is 56.2 Å². The minimum absolute atomic E-state index is 0.164. The molecule has 3 rings (SSSR count). The van der Waals surface area contributed by atoms with E-state index in [1.54, 1.807) is 12.1 Å². The fourth-order valence-corrected chi connectivity index (χ4v) is 4.06. The van der Waals surface area contributed by atoms with E-state index in [4.69, 9.17) is 0 Å². The summed E-state index contributed by atoms with van der Waals surface area (Å²) in [6.45, 7) is 2.21. The maximum Gasteiger partial charge on any atom is 0.339 e. The van der Waals surface area contributed by atoms with Crippen LogP contribution in [-0.4, -0.2) is 11.8 Å². The smallest absolute Gasteiger partial charge is 0.195 e. The molecule has 0 aromatic heterocycles. The summed E-state index contributed by atoms with van der Waals surface area (Å²) in [5.41, 5.74) is 0.677. The molecule has 1 saturated carbocycles. The van der Waals surface area contributed by atoms with Crippen LogP contribution < -0.4 is 0 Å². The Balaban J connectivity index is 1.73. The third-order valence-electron chi connectivity index (χ3n) is 5.56. The predicted molar refractivity (Wildman–Crippen MR) is 93.1 cm³/mol. The quantitative estimate of drug-likeness (QED) is 0.513. The Morgan fingerprint density at radius 1 is 0.960 bits per heavy atom. The minimum atomic E-state index is -4.18. The van der Waals surface area contributed by atoms with Gasteiger partial charge in [0.15, 0.2) is 0 Å². The second-order valence-corrected chi connectivity index (χ2v) is 7.27. The molecule has 1 aromatic carbocycles. The maximum absolute atomic E-state index is 14.0. The lowest BCUT2D eigenvalue weighted by Gasteiger charge is -2.30. The first-order valence-corrected chi connectivity index (χ1v) is 9.11. The summed E-state index contributed by atoms with van der Waals surface area (Å²) in [7, 11) is 0. The van der Waals surface area contributed by atoms with Crippen LogP contribution in [-0.2, 0) is 0 Å². The molecule has 0 unspecified atom stereocenters. The second-order valence-electron chi connectivity index (χ2n) is 7.27. The van der Waals surface area contributed by atoms with Gasteiger partial charge in [-0.3, -0.25) is 0 Å². The molecule has 4 heteroatoms. The largest absolute Gasteiger partial charge is 0.339 e. The van der Waals surface area contributed by atoms with Crippen LogP contribution >= 0.6 is 0 Å². The number of allylic oxidation sites excluding steroid dienone is 4. The standard InChI is InChI=1S/C21H24F4/c1-2-4-15-6-8-16(9-7-15)17-10-12-18(13-11-17)19-5-3-14-20(22,23)21(19,24)25/h3,5,10-16H,2,4,6-9H2,1H3. The Morgan fingerprint density at radius 3 is 2.20 bits per heavy atom. The van der Waals surface area contributed by atoms with Gasteiger partial charge in [0.2, 0.25) is 0 Å². The van der Waals surface area contributed by atoms with Gasteiger partial charge in [0, 0.05) is 5.57 Å². The van der Waals surface area contributed by atoms with Crippen LogP contribution in [0.25, 0.3) is 5.57 Å². The summed E-state index contributed by atoms with van der Waals surface area (Å²) in [5.74, 6) is -7.07. The van der Waals surface area contributed by atoms with Crippen LogP contribution in [0.15, 0.2) is 42.5 Å². The molecule has 1 aromatic rings. The molecule has 0 aliphatic heterocycles. The van der Waals surface area contributed by atoms with Gasteiger partial charge in [0.05, 0.1) is 0 Å². The van der Waals surface area contributed by atoms with Crippen LogP contribution in [0.5, 0.6) is 0 Å². The van der Waals surface area contributed by atoms with Crippen molar-refractivity contribution in [3.05, 3.63) is 53.6 Å². The van der Waals surface area contributed by atoms with Crippen molar-refractivity contribution in [1.82, 2.24) is 0 Å². The number of hydrogen-bond donors (Lipinski definition) is 0. The van der Waals surface area contributed by atoms with Crippen molar-refractivity contribution in [2.24, 2.45) is 5.92 Å². The van der Waals surface area contributed by atoms with Gasteiger partial charge in [-0.2, -0.15) is 17.6 Å². The molecule has 0 atom stereocenters. The van der Waals surface area contributed by atoms with Crippen LogP contribution in [0.3, 0.4) is 0 Å². The molecule has 136 valence electrons. The molecule has 0 N–H and O–H groups in total. The molecule has 2 aliphatic carbocycles. The van der Waals surface area contributed by atoms with Gasteiger partial charge in [-0.15, -0.1) is 0 Å². The van der Waals surface area contributed by atoms with Crippen molar-refractivity contribution < 1.29 is 17.6 Å². The average Bonchev–Trinajstić information content (AvgIpc) is 2.59. The highest BCUT2D eigenvalue weighted by molar-refractivity contribution is 5.75. The highest BCUT2D eigenvalue weighted by atomic mass is 19.3. The van der Waals surface area contributed by atoms with Crippen molar-refractivity contribution in [3.63, 3.8) is 0 Å². The van der Waals surface area contributed by atoms with Crippen molar-refractivity contribution >= 4 is 5.57 Å². The van der Waals surface area contributed by atoms with E-state index >= 15 is 0 Å². The van der Waals surface area contributed by atoms with Crippen LogP contribution in [0.2, 0.25) is 0 Å². The average molecular weight is 352 g/mol. The fourth-order valence-electron chi connectivity index (χ4n) is 4.06. The minimum Gasteiger partial charge on any atom is -0.195 e. The molecule has 0 bridgehead atoms. The third kappa shape index (κ3) is 3.54. The zero-order valence-electron chi connectivity index (χ0n) is 14.5. The van der Waals surface area contributed by atoms with E-state index in [2.05, 4.69) is 6.92 Å². The molecule has 0 nitrogen and oxygen atoms in total. The lowest BCUT2D eigenvalue weighted by molar-refractivity contribution is -0.140. The first-order valence-electron chi connectivity index (χ1n) is 9.11. The highest BCUT2D eigenvalue weighted by Gasteiger charge is 2.58. The Morgan fingerprint density at radius 2 is 1.60 bits per heavy atom. The normalized spacial score (nSPS) is 27.8. The van der Waals surface area contributed by atoms with Crippen LogP contribution in [0, 0.1) is 5.92 Å². The van der Waals surface area contributed by atoms with Gasteiger partial charge in [0.25, 0.3) is 0 Å². The zero-order valence-corrected chi connectivity index (χ0v) is 14.5. The second kappa shape index (κ2) is 6.97. The third-order valence-corrected chi connectivity index (χ3v) is 5.56. The van der Waals surface area contributed by atoms with Crippen molar-refractivity contribution in [2.45, 2.75) is 63.2 Å². The van der Waals surface area contributed by atoms with Crippen LogP contribution in [0.1, 0.15) is 62.5 Å². The Bertz CT molecular complexity index is 647. The Labute approximate surface area is 146 Å². The highest BCUT2D eigenvalue weighted by Crippen LogP contribution is 2.47. The monoisotopic (exact) mass is 352 g/mol. The summed E-state index contributed by atoms with van der Waals surface area (Å²) >= 11 is 0. The van der Waals surface area contributed by atoms with E-state index in [1.165, 1.54) is 25.7 Å². The number of benzene rings is 1. The molecule has 2 aliphatic rings. The SMILES string of the molecule is CCCC1CCC(c2ccc(C3=CC=CC(F)(F)C3(F)F)cc2)CC1. The van der Waals surface area contributed by atoms with Crippen molar-refractivity contribution in [2.75, 3.05) is 0 Å². The molecule has 25 heavy (non-hydrogen) atoms. The van der Waals surface area contributed by atoms with Gasteiger partial charge in [-0.25, -0.2) is 0 Å². The first kappa shape index (κ1) is 18.2. The molecule has 1 fully saturated rings. The van der Waals surface area contributed by atoms with Crippen molar-refractivity contribution in [3.8, 4) is 0 Å². The molecule has 0 amide bonds. The van der Waals surface area contributed by atoms with E-state index in [0.29, 0.717) is 5.92 Å². The number of alkyl halides is 4. The number of rotatable bonds is 4. The fraction of sp³-hybridized carbons (Fsp3) is 0.524. The lowest BCUT2D eigenvalue weighted by Crippen LogP contribution is -2.41. The van der Waals surface area contributed by atoms with E-state index in [1.807, 2.05) is 12.1 Å². The van der Waals surface area contributed by atoms with E-state index in [0.717, 1.165) is 36.5 Å². The summed E-state index contributed by atoms with van der Waals surface area (Å²) < 4.78 is 55.1. The number of hydrogen-bond acceptors (Lipinski definition) is 0. The molecule has 0 saturated heterocycles. The van der Waals surface area contributed by atoms with E-state index < -0.39 is 17.4 Å². The van der Waals surface area contributed by atoms with Gasteiger partial charge < -0.3 is 0 Å². The Kier molecular flexibility index (Phi) is 5.08. The molecule has 0 spiro atoms. The zero-order chi connectivity index (χ0) is 18.1. The van der Waals surface area contributed by atoms with E-state index in [-0.39, 0.29) is 11.6 Å². The molecular weight excluding hydrogens is 328 g/mol. The molecule has 0 radical (unpaired) electrons. The predicted octanol–water partition coefficient (Wildman–Crippen LogP) is 6.98. The van der Waals surface area contributed by atoms with Crippen molar-refractivity contribution in [1.29, 1.82) is 0 Å². The van der Waals surface area contributed by atoms with Gasteiger partial charge in [0.1, 0.15) is 0 Å². The first-order chi connectivity index (χ1) is 11.8. The summed E-state index contributed by atoms with van der Waals surface area (Å²) in [6, 6.07) is 6.77. The van der Waals surface area contributed by atoms with Gasteiger partial charge >= 0.3 is 11.8 Å².